The number of unbranched alkanes of at least 4 members (excludes halogenated alkanes) is 1. The zero-order valence-corrected chi connectivity index (χ0v) is 8.08. The minimum absolute atomic E-state index is 0.251. The maximum Gasteiger partial charge on any atom is 0.0687 e. The fourth-order valence-electron chi connectivity index (χ4n) is 0.847. The first kappa shape index (κ1) is 11.9. The van der Waals surface area contributed by atoms with Crippen molar-refractivity contribution in [2.75, 3.05) is 19.7 Å². The first-order valence-electron chi connectivity index (χ1n) is 4.68. The van der Waals surface area contributed by atoms with Crippen LogP contribution in [0.15, 0.2) is 0 Å². The van der Waals surface area contributed by atoms with Gasteiger partial charge in [-0.2, -0.15) is 0 Å². The number of nitrogens with one attached hydrogen (secondary N) is 1. The molecule has 0 saturated heterocycles. The van der Waals surface area contributed by atoms with Gasteiger partial charge >= 0.3 is 0 Å². The monoisotopic (exact) mass is 175 g/mol. The van der Waals surface area contributed by atoms with Crippen molar-refractivity contribution in [2.24, 2.45) is 5.92 Å². The molecule has 1 unspecified atom stereocenters. The number of aliphatic hydroxyl groups is 2. The summed E-state index contributed by atoms with van der Waals surface area (Å²) < 4.78 is 0. The summed E-state index contributed by atoms with van der Waals surface area (Å²) in [6.07, 6.45) is 1.56. The topological polar surface area (TPSA) is 52.5 Å². The second-order valence-electron chi connectivity index (χ2n) is 3.45. The molecule has 3 heteroatoms. The lowest BCUT2D eigenvalue weighted by Gasteiger charge is -2.14. The predicted molar refractivity (Wildman–Crippen MR) is 50.0 cm³/mol. The van der Waals surface area contributed by atoms with Crippen molar-refractivity contribution in [1.29, 1.82) is 0 Å². The molecule has 0 saturated carbocycles. The van der Waals surface area contributed by atoms with Crippen molar-refractivity contribution in [3.63, 3.8) is 0 Å². The average Bonchev–Trinajstić information content (AvgIpc) is 2.03. The van der Waals surface area contributed by atoms with Crippen molar-refractivity contribution in [1.82, 2.24) is 5.32 Å². The van der Waals surface area contributed by atoms with Crippen LogP contribution in [0, 0.1) is 5.92 Å². The largest absolute Gasteiger partial charge is 0.396 e. The molecule has 12 heavy (non-hydrogen) atoms. The molecule has 0 aliphatic rings. The summed E-state index contributed by atoms with van der Waals surface area (Å²) in [5.74, 6) is 0.315. The lowest BCUT2D eigenvalue weighted by Crippen LogP contribution is -2.31. The molecule has 0 fully saturated rings. The molecule has 0 aromatic carbocycles. The summed E-state index contributed by atoms with van der Waals surface area (Å²) in [6, 6.07) is 0. The molecular formula is C9H21NO2. The van der Waals surface area contributed by atoms with Crippen LogP contribution >= 0.6 is 0 Å². The normalized spacial score (nSPS) is 13.8. The van der Waals surface area contributed by atoms with E-state index < -0.39 is 0 Å². The van der Waals surface area contributed by atoms with Crippen LogP contribution in [0.2, 0.25) is 0 Å². The summed E-state index contributed by atoms with van der Waals surface area (Å²) in [5, 5.41) is 21.0. The van der Waals surface area contributed by atoms with Gasteiger partial charge in [0.1, 0.15) is 0 Å². The fraction of sp³-hybridized carbons (Fsp3) is 1.00. The Balaban J connectivity index is 3.08. The molecule has 0 bridgehead atoms. The van der Waals surface area contributed by atoms with Gasteiger partial charge < -0.3 is 15.5 Å². The maximum atomic E-state index is 9.37. The van der Waals surface area contributed by atoms with Gasteiger partial charge in [-0.05, 0) is 25.3 Å². The van der Waals surface area contributed by atoms with E-state index in [1.54, 1.807) is 0 Å². The molecule has 0 aromatic rings. The summed E-state index contributed by atoms with van der Waals surface area (Å²) in [4.78, 5) is 0. The van der Waals surface area contributed by atoms with E-state index >= 15 is 0 Å². The van der Waals surface area contributed by atoms with Crippen LogP contribution in [-0.2, 0) is 0 Å². The molecule has 0 rings (SSSR count). The van der Waals surface area contributed by atoms with Crippen molar-refractivity contribution in [2.45, 2.75) is 32.8 Å². The highest BCUT2D eigenvalue weighted by Gasteiger charge is 2.06. The second kappa shape index (κ2) is 7.53. The van der Waals surface area contributed by atoms with Crippen LogP contribution in [0.3, 0.4) is 0 Å². The minimum atomic E-state index is -0.251. The predicted octanol–water partition coefficient (Wildman–Crippen LogP) is 0.365. The smallest absolute Gasteiger partial charge is 0.0687 e. The van der Waals surface area contributed by atoms with Gasteiger partial charge in [-0.25, -0.2) is 0 Å². The van der Waals surface area contributed by atoms with Crippen LogP contribution in [0.4, 0.5) is 0 Å². The number of aliphatic hydroxyl groups excluding tert-OH is 2. The average molecular weight is 175 g/mol. The molecule has 0 amide bonds. The molecular weight excluding hydrogens is 154 g/mol. The van der Waals surface area contributed by atoms with Crippen molar-refractivity contribution >= 4 is 0 Å². The van der Waals surface area contributed by atoms with Gasteiger partial charge in [0, 0.05) is 13.2 Å². The zero-order valence-electron chi connectivity index (χ0n) is 8.08. The van der Waals surface area contributed by atoms with Crippen LogP contribution in [0.5, 0.6) is 0 Å². The zero-order chi connectivity index (χ0) is 9.40. The maximum absolute atomic E-state index is 9.37. The van der Waals surface area contributed by atoms with Crippen molar-refractivity contribution < 1.29 is 10.2 Å². The summed E-state index contributed by atoms with van der Waals surface area (Å²) >= 11 is 0. The first-order chi connectivity index (χ1) is 5.68. The van der Waals surface area contributed by atoms with E-state index in [0.717, 1.165) is 19.4 Å². The third-order valence-electron chi connectivity index (χ3n) is 1.88. The molecule has 3 N–H and O–H groups in total. The highest BCUT2D eigenvalue weighted by molar-refractivity contribution is 4.62. The van der Waals surface area contributed by atoms with Gasteiger partial charge in [-0.1, -0.05) is 13.8 Å². The van der Waals surface area contributed by atoms with E-state index in [0.29, 0.717) is 12.5 Å². The minimum Gasteiger partial charge on any atom is -0.396 e. The van der Waals surface area contributed by atoms with E-state index in [1.165, 1.54) is 0 Å². The Hall–Kier alpha value is -0.120. The molecule has 0 spiro atoms. The van der Waals surface area contributed by atoms with E-state index in [1.807, 2.05) is 13.8 Å². The van der Waals surface area contributed by atoms with Crippen LogP contribution in [-0.4, -0.2) is 36.0 Å². The van der Waals surface area contributed by atoms with Gasteiger partial charge in [0.05, 0.1) is 6.10 Å². The lowest BCUT2D eigenvalue weighted by atomic mass is 10.1. The standard InChI is InChI=1S/C9H21NO2/c1-8(2)9(12)7-10-5-3-4-6-11/h8-12H,3-7H2,1-2H3. The highest BCUT2D eigenvalue weighted by Crippen LogP contribution is 1.98. The summed E-state index contributed by atoms with van der Waals surface area (Å²) in [6.45, 7) is 5.79. The SMILES string of the molecule is CC(C)C(O)CNCCCCO. The molecule has 0 aliphatic carbocycles. The van der Waals surface area contributed by atoms with Gasteiger partial charge in [-0.15, -0.1) is 0 Å². The fourth-order valence-corrected chi connectivity index (χ4v) is 0.847. The Morgan fingerprint density at radius 3 is 2.42 bits per heavy atom. The van der Waals surface area contributed by atoms with E-state index in [9.17, 15) is 5.11 Å². The highest BCUT2D eigenvalue weighted by atomic mass is 16.3. The van der Waals surface area contributed by atoms with Crippen LogP contribution in [0.1, 0.15) is 26.7 Å². The van der Waals surface area contributed by atoms with Gasteiger partial charge in [0.2, 0.25) is 0 Å². The van der Waals surface area contributed by atoms with Crippen molar-refractivity contribution in [3.8, 4) is 0 Å². The van der Waals surface area contributed by atoms with E-state index in [2.05, 4.69) is 5.32 Å². The Kier molecular flexibility index (Phi) is 7.45. The van der Waals surface area contributed by atoms with Crippen LogP contribution < -0.4 is 5.32 Å². The Labute approximate surface area is 74.8 Å². The third kappa shape index (κ3) is 6.58. The quantitative estimate of drug-likeness (QED) is 0.490. The summed E-state index contributed by atoms with van der Waals surface area (Å²) in [5.41, 5.74) is 0. The molecule has 3 nitrogen and oxygen atoms in total. The number of rotatable bonds is 7. The first-order valence-corrected chi connectivity index (χ1v) is 4.68. The van der Waals surface area contributed by atoms with Gasteiger partial charge in [0.15, 0.2) is 0 Å². The molecule has 74 valence electrons. The Bertz CT molecular complexity index is 96.5. The van der Waals surface area contributed by atoms with Crippen molar-refractivity contribution in [3.05, 3.63) is 0 Å². The second-order valence-corrected chi connectivity index (χ2v) is 3.45. The number of hydrogen-bond donors (Lipinski definition) is 3. The molecule has 1 atom stereocenters. The Morgan fingerprint density at radius 1 is 1.25 bits per heavy atom. The number of hydrogen-bond acceptors (Lipinski definition) is 3. The molecule has 0 heterocycles. The molecule has 0 aromatic heterocycles. The van der Waals surface area contributed by atoms with Gasteiger partial charge in [0.25, 0.3) is 0 Å². The van der Waals surface area contributed by atoms with E-state index in [-0.39, 0.29) is 12.7 Å². The van der Waals surface area contributed by atoms with E-state index in [4.69, 9.17) is 5.11 Å². The third-order valence-corrected chi connectivity index (χ3v) is 1.88. The molecule has 0 radical (unpaired) electrons. The summed E-state index contributed by atoms with van der Waals surface area (Å²) in [7, 11) is 0. The lowest BCUT2D eigenvalue weighted by molar-refractivity contribution is 0.123. The van der Waals surface area contributed by atoms with Gasteiger partial charge in [-0.3, -0.25) is 0 Å². The van der Waals surface area contributed by atoms with Crippen LogP contribution in [0.25, 0.3) is 0 Å². The molecule has 0 aliphatic heterocycles. The Morgan fingerprint density at radius 2 is 1.92 bits per heavy atom.